The van der Waals surface area contributed by atoms with Crippen LogP contribution >= 0.6 is 0 Å². The van der Waals surface area contributed by atoms with Gasteiger partial charge in [-0.1, -0.05) is 25.0 Å². The van der Waals surface area contributed by atoms with Crippen LogP contribution in [-0.4, -0.2) is 11.9 Å². The van der Waals surface area contributed by atoms with Gasteiger partial charge in [-0.05, 0) is 43.2 Å². The molecule has 0 aromatic heterocycles. The van der Waals surface area contributed by atoms with Crippen LogP contribution in [0.15, 0.2) is 48.5 Å². The lowest BCUT2D eigenvalue weighted by Crippen LogP contribution is -2.17. The van der Waals surface area contributed by atoms with Crippen LogP contribution in [0.2, 0.25) is 0 Å². The third-order valence-corrected chi connectivity index (χ3v) is 4.35. The molecule has 7 heteroatoms. The van der Waals surface area contributed by atoms with E-state index >= 15 is 0 Å². The number of hydrogen-bond acceptors (Lipinski definition) is 4. The van der Waals surface area contributed by atoms with Gasteiger partial charge in [0.2, 0.25) is 0 Å². The molecule has 0 radical (unpaired) electrons. The number of esters is 2. The molecule has 2 aromatic rings. The largest absolute Gasteiger partial charge is 0.426 e. The van der Waals surface area contributed by atoms with Gasteiger partial charge in [0.25, 0.3) is 0 Å². The van der Waals surface area contributed by atoms with Crippen LogP contribution < -0.4 is 9.47 Å². The van der Waals surface area contributed by atoms with Crippen molar-refractivity contribution in [3.8, 4) is 11.5 Å². The second-order valence-electron chi connectivity index (χ2n) is 6.35. The molecule has 1 saturated carbocycles. The first-order valence-corrected chi connectivity index (χ1v) is 8.54. The SMILES string of the molecule is O=C(Oc1cccc(OC(=O)C2CCCC2)c1)c1cccc(C(F)(F)F)c1. The molecule has 142 valence electrons. The van der Waals surface area contributed by atoms with E-state index in [1.807, 2.05) is 0 Å². The molecule has 0 aliphatic heterocycles. The van der Waals surface area contributed by atoms with Gasteiger partial charge in [0.05, 0.1) is 17.0 Å². The van der Waals surface area contributed by atoms with Crippen molar-refractivity contribution in [2.45, 2.75) is 31.9 Å². The second-order valence-corrected chi connectivity index (χ2v) is 6.35. The van der Waals surface area contributed by atoms with E-state index < -0.39 is 17.7 Å². The van der Waals surface area contributed by atoms with Crippen molar-refractivity contribution in [1.82, 2.24) is 0 Å². The highest BCUT2D eigenvalue weighted by molar-refractivity contribution is 5.91. The summed E-state index contributed by atoms with van der Waals surface area (Å²) < 4.78 is 48.7. The Labute approximate surface area is 153 Å². The molecular formula is C20H17F3O4. The van der Waals surface area contributed by atoms with Crippen molar-refractivity contribution in [2.75, 3.05) is 0 Å². The number of carbonyl (C=O) groups excluding carboxylic acids is 2. The van der Waals surface area contributed by atoms with E-state index in [-0.39, 0.29) is 28.9 Å². The molecule has 27 heavy (non-hydrogen) atoms. The Balaban J connectivity index is 1.69. The summed E-state index contributed by atoms with van der Waals surface area (Å²) in [7, 11) is 0. The molecule has 3 rings (SSSR count). The summed E-state index contributed by atoms with van der Waals surface area (Å²) in [5.74, 6) is -1.08. The molecule has 0 atom stereocenters. The molecule has 0 saturated heterocycles. The third kappa shape index (κ3) is 4.87. The van der Waals surface area contributed by atoms with Crippen LogP contribution in [0, 0.1) is 5.92 Å². The van der Waals surface area contributed by atoms with Crippen LogP contribution in [0.3, 0.4) is 0 Å². The summed E-state index contributed by atoms with van der Waals surface area (Å²) >= 11 is 0. The molecule has 1 fully saturated rings. The molecule has 0 bridgehead atoms. The minimum atomic E-state index is -4.55. The van der Waals surface area contributed by atoms with Crippen molar-refractivity contribution in [1.29, 1.82) is 0 Å². The van der Waals surface area contributed by atoms with Gasteiger partial charge < -0.3 is 9.47 Å². The Kier molecular flexibility index (Phi) is 5.48. The van der Waals surface area contributed by atoms with Crippen LogP contribution in [0.4, 0.5) is 13.2 Å². The maximum atomic E-state index is 12.8. The predicted octanol–water partition coefficient (Wildman–Crippen LogP) is 5.02. The molecule has 1 aliphatic carbocycles. The molecule has 0 heterocycles. The van der Waals surface area contributed by atoms with E-state index in [0.29, 0.717) is 0 Å². The Hall–Kier alpha value is -2.83. The van der Waals surface area contributed by atoms with Crippen LogP contribution in [0.5, 0.6) is 11.5 Å². The smallest absolute Gasteiger partial charge is 0.416 e. The lowest BCUT2D eigenvalue weighted by Gasteiger charge is -2.11. The monoisotopic (exact) mass is 378 g/mol. The van der Waals surface area contributed by atoms with Gasteiger partial charge >= 0.3 is 18.1 Å². The quantitative estimate of drug-likeness (QED) is 0.554. The fraction of sp³-hybridized carbons (Fsp3) is 0.300. The molecule has 2 aromatic carbocycles. The topological polar surface area (TPSA) is 52.6 Å². The van der Waals surface area contributed by atoms with E-state index in [2.05, 4.69) is 0 Å². The van der Waals surface area contributed by atoms with E-state index in [1.54, 1.807) is 6.07 Å². The maximum Gasteiger partial charge on any atom is 0.416 e. The zero-order valence-electron chi connectivity index (χ0n) is 14.3. The highest BCUT2D eigenvalue weighted by atomic mass is 19.4. The lowest BCUT2D eigenvalue weighted by atomic mass is 10.1. The van der Waals surface area contributed by atoms with Gasteiger partial charge in [-0.25, -0.2) is 4.79 Å². The number of benzene rings is 2. The lowest BCUT2D eigenvalue weighted by molar-refractivity contribution is -0.139. The minimum Gasteiger partial charge on any atom is -0.426 e. The van der Waals surface area contributed by atoms with Gasteiger partial charge in [-0.15, -0.1) is 0 Å². The van der Waals surface area contributed by atoms with Crippen molar-refractivity contribution in [3.05, 3.63) is 59.7 Å². The zero-order valence-corrected chi connectivity index (χ0v) is 14.3. The molecule has 1 aliphatic rings. The van der Waals surface area contributed by atoms with E-state index in [0.717, 1.165) is 43.9 Å². The normalized spacial score (nSPS) is 14.8. The fourth-order valence-electron chi connectivity index (χ4n) is 2.95. The third-order valence-electron chi connectivity index (χ3n) is 4.35. The average molecular weight is 378 g/mol. The number of hydrogen-bond donors (Lipinski definition) is 0. The van der Waals surface area contributed by atoms with Gasteiger partial charge in [0.15, 0.2) is 0 Å². The first-order valence-electron chi connectivity index (χ1n) is 8.54. The summed E-state index contributed by atoms with van der Waals surface area (Å²) in [6, 6.07) is 9.88. The van der Waals surface area contributed by atoms with Gasteiger partial charge in [0, 0.05) is 6.07 Å². The first-order chi connectivity index (χ1) is 12.8. The van der Waals surface area contributed by atoms with Gasteiger partial charge in [0.1, 0.15) is 11.5 Å². The fourth-order valence-corrected chi connectivity index (χ4v) is 2.95. The first kappa shape index (κ1) is 18.9. The van der Waals surface area contributed by atoms with Crippen LogP contribution in [-0.2, 0) is 11.0 Å². The molecule has 0 spiro atoms. The van der Waals surface area contributed by atoms with Crippen LogP contribution in [0.1, 0.15) is 41.6 Å². The molecule has 0 unspecified atom stereocenters. The molecular weight excluding hydrogens is 361 g/mol. The van der Waals surface area contributed by atoms with Crippen LogP contribution in [0.25, 0.3) is 0 Å². The maximum absolute atomic E-state index is 12.8. The number of halogens is 3. The van der Waals surface area contributed by atoms with Crippen molar-refractivity contribution >= 4 is 11.9 Å². The van der Waals surface area contributed by atoms with Gasteiger partial charge in [-0.3, -0.25) is 4.79 Å². The van der Waals surface area contributed by atoms with E-state index in [9.17, 15) is 22.8 Å². The molecule has 0 amide bonds. The van der Waals surface area contributed by atoms with E-state index in [1.165, 1.54) is 24.3 Å². The Morgan fingerprint density at radius 2 is 1.52 bits per heavy atom. The predicted molar refractivity (Wildman–Crippen MR) is 90.4 cm³/mol. The Bertz CT molecular complexity index is 839. The summed E-state index contributed by atoms with van der Waals surface area (Å²) in [5.41, 5.74) is -1.16. The van der Waals surface area contributed by atoms with Crippen molar-refractivity contribution in [3.63, 3.8) is 0 Å². The van der Waals surface area contributed by atoms with Crippen molar-refractivity contribution < 1.29 is 32.2 Å². The Morgan fingerprint density at radius 3 is 2.19 bits per heavy atom. The van der Waals surface area contributed by atoms with Gasteiger partial charge in [-0.2, -0.15) is 13.2 Å². The number of alkyl halides is 3. The highest BCUT2D eigenvalue weighted by Gasteiger charge is 2.31. The highest BCUT2D eigenvalue weighted by Crippen LogP contribution is 2.30. The molecule has 0 N–H and O–H groups in total. The summed E-state index contributed by atoms with van der Waals surface area (Å²) in [4.78, 5) is 24.2. The Morgan fingerprint density at radius 1 is 0.889 bits per heavy atom. The minimum absolute atomic E-state index is 0.0779. The average Bonchev–Trinajstić information content (AvgIpc) is 3.16. The number of ether oxygens (including phenoxy) is 2. The summed E-state index contributed by atoms with van der Waals surface area (Å²) in [5, 5.41) is 0. The summed E-state index contributed by atoms with van der Waals surface area (Å²) in [6.07, 6.45) is -0.973. The standard InChI is InChI=1S/C20H17F3O4/c21-20(22,23)15-8-3-7-14(11-15)19(25)27-17-10-4-9-16(12-17)26-18(24)13-5-1-2-6-13/h3-4,7-13H,1-2,5-6H2. The number of carbonyl (C=O) groups is 2. The van der Waals surface area contributed by atoms with Crippen molar-refractivity contribution in [2.24, 2.45) is 5.92 Å². The second kappa shape index (κ2) is 7.82. The summed E-state index contributed by atoms with van der Waals surface area (Å²) in [6.45, 7) is 0. The zero-order chi connectivity index (χ0) is 19.4. The number of rotatable bonds is 4. The van der Waals surface area contributed by atoms with E-state index in [4.69, 9.17) is 9.47 Å². The molecule has 4 nitrogen and oxygen atoms in total.